The molecule has 0 fully saturated rings. The number of aromatic carboxylic acids is 1. The van der Waals surface area contributed by atoms with Gasteiger partial charge in [0, 0.05) is 0 Å². The van der Waals surface area contributed by atoms with Gasteiger partial charge in [0.2, 0.25) is 11.0 Å². The lowest BCUT2D eigenvalue weighted by Gasteiger charge is -2.28. The number of anilines is 2. The Labute approximate surface area is 139 Å². The van der Waals surface area contributed by atoms with E-state index < -0.39 is 17.8 Å². The molecule has 2 aromatic rings. The number of benzene rings is 1. The summed E-state index contributed by atoms with van der Waals surface area (Å²) in [6.45, 7) is 1.25. The first-order valence-electron chi connectivity index (χ1n) is 6.84. The van der Waals surface area contributed by atoms with Crippen molar-refractivity contribution >= 4 is 39.9 Å². The molecule has 2 N–H and O–H groups in total. The van der Waals surface area contributed by atoms with E-state index in [9.17, 15) is 14.4 Å². The zero-order valence-electron chi connectivity index (χ0n) is 12.5. The van der Waals surface area contributed by atoms with Gasteiger partial charge in [-0.3, -0.25) is 19.8 Å². The van der Waals surface area contributed by atoms with Crippen molar-refractivity contribution in [3.8, 4) is 5.75 Å². The second kappa shape index (κ2) is 6.24. The molecule has 24 heavy (non-hydrogen) atoms. The molecule has 0 saturated carbocycles. The van der Waals surface area contributed by atoms with Crippen molar-refractivity contribution in [2.24, 2.45) is 0 Å². The van der Waals surface area contributed by atoms with E-state index >= 15 is 0 Å². The topological polar surface area (TPSA) is 122 Å². The van der Waals surface area contributed by atoms with Gasteiger partial charge < -0.3 is 9.84 Å². The number of amides is 2. The molecule has 0 saturated heterocycles. The SMILES string of the molecule is Cc1nnc(NC(=O)CN2C(=O)COc3ccc(C(=O)O)cc32)s1. The monoisotopic (exact) mass is 348 g/mol. The normalized spacial score (nSPS) is 13.2. The smallest absolute Gasteiger partial charge is 0.335 e. The van der Waals surface area contributed by atoms with Crippen LogP contribution < -0.4 is 15.0 Å². The molecule has 1 aromatic carbocycles. The molecule has 9 nitrogen and oxygen atoms in total. The summed E-state index contributed by atoms with van der Waals surface area (Å²) in [7, 11) is 0. The van der Waals surface area contributed by atoms with E-state index in [4.69, 9.17) is 9.84 Å². The Hall–Kier alpha value is -3.01. The number of carbonyl (C=O) groups is 3. The van der Waals surface area contributed by atoms with E-state index in [-0.39, 0.29) is 24.4 Å². The van der Waals surface area contributed by atoms with Crippen LogP contribution in [0.2, 0.25) is 0 Å². The fourth-order valence-corrected chi connectivity index (χ4v) is 2.77. The van der Waals surface area contributed by atoms with Crippen LogP contribution >= 0.6 is 11.3 Å². The van der Waals surface area contributed by atoms with Crippen LogP contribution in [0.3, 0.4) is 0 Å². The average Bonchev–Trinajstić information content (AvgIpc) is 2.94. The maximum Gasteiger partial charge on any atom is 0.335 e. The fourth-order valence-electron chi connectivity index (χ4n) is 2.16. The lowest BCUT2D eigenvalue weighted by molar-refractivity contribution is -0.123. The Morgan fingerprint density at radius 2 is 2.21 bits per heavy atom. The summed E-state index contributed by atoms with van der Waals surface area (Å²) in [4.78, 5) is 36.5. The Morgan fingerprint density at radius 1 is 1.42 bits per heavy atom. The predicted molar refractivity (Wildman–Crippen MR) is 84.5 cm³/mol. The first-order valence-corrected chi connectivity index (χ1v) is 7.66. The molecule has 0 spiro atoms. The number of fused-ring (bicyclic) bond motifs is 1. The first kappa shape index (κ1) is 15.9. The highest BCUT2D eigenvalue weighted by Gasteiger charge is 2.28. The molecule has 1 aliphatic heterocycles. The van der Waals surface area contributed by atoms with Gasteiger partial charge in [0.1, 0.15) is 17.3 Å². The minimum atomic E-state index is -1.13. The molecule has 0 radical (unpaired) electrons. The molecule has 0 unspecified atom stereocenters. The van der Waals surface area contributed by atoms with Gasteiger partial charge >= 0.3 is 5.97 Å². The number of nitrogens with one attached hydrogen (secondary N) is 1. The Balaban J connectivity index is 1.82. The third kappa shape index (κ3) is 3.18. The van der Waals surface area contributed by atoms with Crippen molar-refractivity contribution in [1.29, 1.82) is 0 Å². The third-order valence-corrected chi connectivity index (χ3v) is 3.98. The van der Waals surface area contributed by atoms with E-state index in [0.717, 1.165) is 0 Å². The van der Waals surface area contributed by atoms with Crippen LogP contribution in [-0.2, 0) is 9.59 Å². The fraction of sp³-hybridized carbons (Fsp3) is 0.214. The number of hydrogen-bond donors (Lipinski definition) is 2. The largest absolute Gasteiger partial charge is 0.482 e. The number of nitrogens with zero attached hydrogens (tertiary/aromatic N) is 3. The summed E-state index contributed by atoms with van der Waals surface area (Å²) in [6, 6.07) is 4.14. The highest BCUT2D eigenvalue weighted by molar-refractivity contribution is 7.15. The molecule has 124 valence electrons. The van der Waals surface area contributed by atoms with Crippen LogP contribution in [0.1, 0.15) is 15.4 Å². The first-order chi connectivity index (χ1) is 11.4. The van der Waals surface area contributed by atoms with Crippen LogP contribution in [0.15, 0.2) is 18.2 Å². The highest BCUT2D eigenvalue weighted by Crippen LogP contribution is 2.33. The van der Waals surface area contributed by atoms with E-state index in [1.54, 1.807) is 6.92 Å². The number of carbonyl (C=O) groups excluding carboxylic acids is 2. The number of ether oxygens (including phenoxy) is 1. The van der Waals surface area contributed by atoms with E-state index in [2.05, 4.69) is 15.5 Å². The van der Waals surface area contributed by atoms with E-state index in [1.165, 1.54) is 34.4 Å². The van der Waals surface area contributed by atoms with Crippen molar-refractivity contribution in [3.63, 3.8) is 0 Å². The van der Waals surface area contributed by atoms with Gasteiger partial charge in [-0.2, -0.15) is 0 Å². The molecule has 2 amide bonds. The van der Waals surface area contributed by atoms with Crippen molar-refractivity contribution in [1.82, 2.24) is 10.2 Å². The highest BCUT2D eigenvalue weighted by atomic mass is 32.1. The molecular formula is C14H12N4O5S. The summed E-state index contributed by atoms with van der Waals surface area (Å²) in [5.41, 5.74) is 0.243. The van der Waals surface area contributed by atoms with Crippen LogP contribution in [0.4, 0.5) is 10.8 Å². The number of rotatable bonds is 4. The number of carboxylic acid groups (broad SMARTS) is 1. The quantitative estimate of drug-likeness (QED) is 0.842. The van der Waals surface area contributed by atoms with Gasteiger partial charge in [0.05, 0.1) is 11.3 Å². The Morgan fingerprint density at radius 3 is 2.88 bits per heavy atom. The maximum atomic E-state index is 12.1. The Bertz CT molecular complexity index is 834. The number of hydrogen-bond acceptors (Lipinski definition) is 7. The average molecular weight is 348 g/mol. The number of aryl methyl sites for hydroxylation is 1. The van der Waals surface area contributed by atoms with Gasteiger partial charge in [-0.25, -0.2) is 4.79 Å². The molecule has 0 bridgehead atoms. The van der Waals surface area contributed by atoms with Crippen LogP contribution in [0.5, 0.6) is 5.75 Å². The molecule has 1 aromatic heterocycles. The summed E-state index contributed by atoms with van der Waals surface area (Å²) in [6.07, 6.45) is 0. The lowest BCUT2D eigenvalue weighted by atomic mass is 10.1. The van der Waals surface area contributed by atoms with Crippen molar-refractivity contribution in [3.05, 3.63) is 28.8 Å². The second-order valence-electron chi connectivity index (χ2n) is 4.93. The summed E-state index contributed by atoms with van der Waals surface area (Å²) >= 11 is 1.21. The van der Waals surface area contributed by atoms with Gasteiger partial charge in [-0.05, 0) is 25.1 Å². The summed E-state index contributed by atoms with van der Waals surface area (Å²) < 4.78 is 5.27. The van der Waals surface area contributed by atoms with Crippen LogP contribution in [0, 0.1) is 6.92 Å². The van der Waals surface area contributed by atoms with Gasteiger partial charge in [-0.1, -0.05) is 11.3 Å². The molecule has 1 aliphatic rings. The van der Waals surface area contributed by atoms with E-state index in [0.29, 0.717) is 15.9 Å². The number of aromatic nitrogens is 2. The molecule has 3 rings (SSSR count). The van der Waals surface area contributed by atoms with Gasteiger partial charge in [0.25, 0.3) is 5.91 Å². The number of carboxylic acids is 1. The predicted octanol–water partition coefficient (Wildman–Crippen LogP) is 0.909. The van der Waals surface area contributed by atoms with Crippen molar-refractivity contribution in [2.75, 3.05) is 23.4 Å². The van der Waals surface area contributed by atoms with Crippen LogP contribution in [0.25, 0.3) is 0 Å². The molecule has 0 aliphatic carbocycles. The summed E-state index contributed by atoms with van der Waals surface area (Å²) in [5.74, 6) is -1.69. The van der Waals surface area contributed by atoms with Crippen LogP contribution in [-0.4, -0.2) is 46.2 Å². The zero-order valence-corrected chi connectivity index (χ0v) is 13.3. The maximum absolute atomic E-state index is 12.1. The van der Waals surface area contributed by atoms with Gasteiger partial charge in [0.15, 0.2) is 6.61 Å². The third-order valence-electron chi connectivity index (χ3n) is 3.22. The van der Waals surface area contributed by atoms with Gasteiger partial charge in [-0.15, -0.1) is 10.2 Å². The lowest BCUT2D eigenvalue weighted by Crippen LogP contribution is -2.43. The van der Waals surface area contributed by atoms with E-state index in [1.807, 2.05) is 0 Å². The Kier molecular flexibility index (Phi) is 4.13. The molecule has 0 atom stereocenters. The zero-order chi connectivity index (χ0) is 17.3. The summed E-state index contributed by atoms with van der Waals surface area (Å²) in [5, 5.41) is 20.2. The molecule has 2 heterocycles. The minimum absolute atomic E-state index is 0.00259. The minimum Gasteiger partial charge on any atom is -0.482 e. The van der Waals surface area contributed by atoms with Crippen molar-refractivity contribution in [2.45, 2.75) is 6.92 Å². The molecule has 10 heteroatoms. The standard InChI is InChI=1S/C14H12N4O5S/c1-7-16-17-14(24-7)15-11(19)5-18-9-4-8(13(21)22)2-3-10(9)23-6-12(18)20/h2-4H,5-6H2,1H3,(H,21,22)(H,15,17,19). The van der Waals surface area contributed by atoms with Crippen molar-refractivity contribution < 1.29 is 24.2 Å². The second-order valence-corrected chi connectivity index (χ2v) is 6.11. The molecular weight excluding hydrogens is 336 g/mol.